The minimum absolute atomic E-state index is 0.0428. The van der Waals surface area contributed by atoms with E-state index in [1.54, 1.807) is 5.38 Å². The zero-order valence-corrected chi connectivity index (χ0v) is 10.8. The highest BCUT2D eigenvalue weighted by Crippen LogP contribution is 2.19. The number of H-pyrrole nitrogens is 1. The second-order valence-corrected chi connectivity index (χ2v) is 5.31. The van der Waals surface area contributed by atoms with Gasteiger partial charge in [-0.05, 0) is 13.0 Å². The van der Waals surface area contributed by atoms with Gasteiger partial charge in [0.15, 0.2) is 0 Å². The van der Waals surface area contributed by atoms with Crippen LogP contribution >= 0.6 is 11.3 Å². The van der Waals surface area contributed by atoms with Crippen LogP contribution in [-0.4, -0.2) is 22.6 Å². The van der Waals surface area contributed by atoms with Crippen LogP contribution in [-0.2, 0) is 6.54 Å². The molecule has 0 unspecified atom stereocenters. The molecule has 5 N–H and O–H groups in total. The molecule has 1 aromatic rings. The lowest BCUT2D eigenvalue weighted by atomic mass is 9.88. The van der Waals surface area contributed by atoms with Crippen LogP contribution in [0.2, 0.25) is 0 Å². The molecule has 0 spiro atoms. The average Bonchev–Trinajstić information content (AvgIpc) is 2.69. The molecule has 1 aromatic heterocycles. The van der Waals surface area contributed by atoms with Crippen LogP contribution < -0.4 is 15.9 Å². The average molecular weight is 258 g/mol. The maximum absolute atomic E-state index is 10.9. The number of oxime groups is 1. The van der Waals surface area contributed by atoms with Gasteiger partial charge >= 0.3 is 4.87 Å². The van der Waals surface area contributed by atoms with Crippen molar-refractivity contribution in [3.05, 3.63) is 20.7 Å². The largest absolute Gasteiger partial charge is 0.409 e. The van der Waals surface area contributed by atoms with Crippen molar-refractivity contribution in [2.45, 2.75) is 26.8 Å². The van der Waals surface area contributed by atoms with Crippen molar-refractivity contribution in [3.8, 4) is 0 Å². The van der Waals surface area contributed by atoms with Gasteiger partial charge in [0.1, 0.15) is 5.84 Å². The summed E-state index contributed by atoms with van der Waals surface area (Å²) in [6.07, 6.45) is 0.747. The van der Waals surface area contributed by atoms with Crippen LogP contribution in [0.4, 0.5) is 0 Å². The summed E-state index contributed by atoms with van der Waals surface area (Å²) in [6.45, 7) is 5.17. The number of rotatable bonds is 6. The smallest absolute Gasteiger partial charge is 0.304 e. The van der Waals surface area contributed by atoms with E-state index in [1.807, 2.05) is 13.8 Å². The summed E-state index contributed by atoms with van der Waals surface area (Å²) in [5, 5.41) is 16.6. The van der Waals surface area contributed by atoms with Crippen LogP contribution in [0.3, 0.4) is 0 Å². The monoisotopic (exact) mass is 258 g/mol. The number of nitrogens with one attached hydrogen (secondary N) is 2. The van der Waals surface area contributed by atoms with Gasteiger partial charge in [-0.2, -0.15) is 0 Å². The number of hydrogen-bond donors (Lipinski definition) is 4. The predicted molar refractivity (Wildman–Crippen MR) is 68.5 cm³/mol. The molecular weight excluding hydrogens is 240 g/mol. The summed E-state index contributed by atoms with van der Waals surface area (Å²) >= 11 is 1.15. The van der Waals surface area contributed by atoms with Gasteiger partial charge in [-0.3, -0.25) is 4.79 Å². The van der Waals surface area contributed by atoms with Gasteiger partial charge in [0, 0.05) is 23.0 Å². The molecule has 1 rings (SSSR count). The first-order valence-corrected chi connectivity index (χ1v) is 6.19. The molecule has 0 saturated heterocycles. The number of amidine groups is 1. The Bertz CT molecular complexity index is 436. The molecule has 1 heterocycles. The molecule has 17 heavy (non-hydrogen) atoms. The summed E-state index contributed by atoms with van der Waals surface area (Å²) in [4.78, 5) is 13.6. The number of aromatic nitrogens is 1. The molecule has 0 radical (unpaired) electrons. The minimum Gasteiger partial charge on any atom is -0.409 e. The number of aromatic amines is 1. The fraction of sp³-hybridized carbons (Fsp3) is 0.600. The Morgan fingerprint density at radius 1 is 1.71 bits per heavy atom. The van der Waals surface area contributed by atoms with Crippen LogP contribution in [0.25, 0.3) is 0 Å². The fourth-order valence-electron chi connectivity index (χ4n) is 1.29. The first kappa shape index (κ1) is 13.7. The molecule has 0 fully saturated rings. The van der Waals surface area contributed by atoms with Gasteiger partial charge in [-0.25, -0.2) is 0 Å². The molecule has 0 amide bonds. The van der Waals surface area contributed by atoms with Crippen molar-refractivity contribution in [1.82, 2.24) is 10.3 Å². The Morgan fingerprint density at radius 2 is 2.41 bits per heavy atom. The molecule has 0 saturated carbocycles. The van der Waals surface area contributed by atoms with Gasteiger partial charge in [-0.1, -0.05) is 30.3 Å². The quantitative estimate of drug-likeness (QED) is 0.198. The maximum Gasteiger partial charge on any atom is 0.304 e. The highest BCUT2D eigenvalue weighted by atomic mass is 32.1. The van der Waals surface area contributed by atoms with Gasteiger partial charge < -0.3 is 21.2 Å². The molecular formula is C10H18N4O2S. The first-order chi connectivity index (χ1) is 7.95. The second-order valence-electron chi connectivity index (χ2n) is 4.47. The number of thiazole rings is 1. The molecule has 0 aliphatic rings. The molecule has 0 aliphatic heterocycles. The lowest BCUT2D eigenvalue weighted by Crippen LogP contribution is -2.34. The molecule has 0 atom stereocenters. The van der Waals surface area contributed by atoms with Gasteiger partial charge in [0.05, 0.1) is 0 Å². The lowest BCUT2D eigenvalue weighted by molar-refractivity contribution is 0.305. The second kappa shape index (κ2) is 5.83. The standard InChI is InChI=1S/C10H18N4O2S/c1-10(2,8(11)14-16)3-4-12-5-7-6-17-9(15)13-7/h6,12,16H,3-5H2,1-2H3,(H2,11,14)(H,13,15). The Labute approximate surface area is 104 Å². The van der Waals surface area contributed by atoms with E-state index in [1.165, 1.54) is 0 Å². The van der Waals surface area contributed by atoms with E-state index in [2.05, 4.69) is 15.5 Å². The van der Waals surface area contributed by atoms with E-state index in [0.717, 1.165) is 30.0 Å². The minimum atomic E-state index is -0.343. The third-order valence-corrected chi connectivity index (χ3v) is 3.33. The van der Waals surface area contributed by atoms with E-state index < -0.39 is 0 Å². The van der Waals surface area contributed by atoms with Crippen LogP contribution in [0, 0.1) is 5.41 Å². The molecule has 96 valence electrons. The zero-order valence-electron chi connectivity index (χ0n) is 9.99. The van der Waals surface area contributed by atoms with E-state index in [0.29, 0.717) is 6.54 Å². The zero-order chi connectivity index (χ0) is 12.9. The van der Waals surface area contributed by atoms with Crippen molar-refractivity contribution in [1.29, 1.82) is 0 Å². The SMILES string of the molecule is CC(C)(CCNCc1csc(=O)[nH]1)C(N)=NO. The van der Waals surface area contributed by atoms with Crippen LogP contribution in [0.15, 0.2) is 15.3 Å². The van der Waals surface area contributed by atoms with E-state index in [9.17, 15) is 4.79 Å². The Kier molecular flexibility index (Phi) is 4.71. The molecule has 0 aliphatic carbocycles. The Balaban J connectivity index is 2.31. The number of hydrogen-bond acceptors (Lipinski definition) is 5. The van der Waals surface area contributed by atoms with E-state index >= 15 is 0 Å². The number of nitrogens with zero attached hydrogens (tertiary/aromatic N) is 1. The Morgan fingerprint density at radius 3 is 2.94 bits per heavy atom. The molecule has 6 nitrogen and oxygen atoms in total. The summed E-state index contributed by atoms with van der Waals surface area (Å²) < 4.78 is 0. The third-order valence-electron chi connectivity index (χ3n) is 2.61. The summed E-state index contributed by atoms with van der Waals surface area (Å²) in [5.74, 6) is 0.225. The molecule has 7 heteroatoms. The van der Waals surface area contributed by atoms with Crippen molar-refractivity contribution < 1.29 is 5.21 Å². The van der Waals surface area contributed by atoms with E-state index in [4.69, 9.17) is 10.9 Å². The summed E-state index contributed by atoms with van der Waals surface area (Å²) in [7, 11) is 0. The predicted octanol–water partition coefficient (Wildman–Crippen LogP) is 0.689. The van der Waals surface area contributed by atoms with Crippen LogP contribution in [0.5, 0.6) is 0 Å². The van der Waals surface area contributed by atoms with Gasteiger partial charge in [0.25, 0.3) is 0 Å². The maximum atomic E-state index is 10.9. The highest BCUT2D eigenvalue weighted by molar-refractivity contribution is 7.07. The van der Waals surface area contributed by atoms with E-state index in [-0.39, 0.29) is 16.1 Å². The molecule has 0 bridgehead atoms. The van der Waals surface area contributed by atoms with Gasteiger partial charge in [-0.15, -0.1) is 0 Å². The van der Waals surface area contributed by atoms with Crippen molar-refractivity contribution in [2.24, 2.45) is 16.3 Å². The normalized spacial score (nSPS) is 12.9. The van der Waals surface area contributed by atoms with Crippen molar-refractivity contribution in [2.75, 3.05) is 6.54 Å². The first-order valence-electron chi connectivity index (χ1n) is 5.31. The summed E-state index contributed by atoms with van der Waals surface area (Å²) in [5.41, 5.74) is 6.11. The lowest BCUT2D eigenvalue weighted by Gasteiger charge is -2.22. The number of nitrogens with two attached hydrogens (primary N) is 1. The fourth-order valence-corrected chi connectivity index (χ4v) is 1.87. The van der Waals surface area contributed by atoms with Crippen molar-refractivity contribution in [3.63, 3.8) is 0 Å². The summed E-state index contributed by atoms with van der Waals surface area (Å²) in [6, 6.07) is 0. The highest BCUT2D eigenvalue weighted by Gasteiger charge is 2.22. The van der Waals surface area contributed by atoms with Gasteiger partial charge in [0.2, 0.25) is 0 Å². The third kappa shape index (κ3) is 4.20. The Hall–Kier alpha value is -1.34. The molecule has 0 aromatic carbocycles. The van der Waals surface area contributed by atoms with Crippen LogP contribution in [0.1, 0.15) is 26.0 Å². The topological polar surface area (TPSA) is 104 Å². The van der Waals surface area contributed by atoms with Crippen molar-refractivity contribution >= 4 is 17.2 Å².